The van der Waals surface area contributed by atoms with Crippen molar-refractivity contribution >= 4 is 23.2 Å². The van der Waals surface area contributed by atoms with Crippen molar-refractivity contribution in [3.8, 4) is 0 Å². The number of amides is 1. The molecule has 1 atom stereocenters. The minimum atomic E-state index is -0.518. The number of carbonyl (C=O) groups excluding carboxylic acids is 1. The van der Waals surface area contributed by atoms with Crippen LogP contribution in [0.2, 0.25) is 0 Å². The zero-order chi connectivity index (χ0) is 15.3. The average Bonchev–Trinajstić information content (AvgIpc) is 2.37. The quantitative estimate of drug-likeness (QED) is 0.497. The fourth-order valence-corrected chi connectivity index (χ4v) is 2.26. The van der Waals surface area contributed by atoms with Crippen LogP contribution in [0.15, 0.2) is 18.2 Å². The Balaban J connectivity index is 3.03. The van der Waals surface area contributed by atoms with Crippen LogP contribution in [-0.4, -0.2) is 22.8 Å². The van der Waals surface area contributed by atoms with Gasteiger partial charge in [-0.25, -0.2) is 0 Å². The van der Waals surface area contributed by atoms with Crippen molar-refractivity contribution in [2.75, 3.05) is 5.88 Å². The number of benzene rings is 1. The van der Waals surface area contributed by atoms with Gasteiger partial charge in [-0.3, -0.25) is 14.9 Å². The molecule has 110 valence electrons. The topological polar surface area (TPSA) is 72.2 Å². The van der Waals surface area contributed by atoms with E-state index in [4.69, 9.17) is 11.6 Å². The van der Waals surface area contributed by atoms with Gasteiger partial charge in [0.15, 0.2) is 0 Å². The highest BCUT2D eigenvalue weighted by Crippen LogP contribution is 2.23. The number of nitrogens with zero attached hydrogens (tertiary/aromatic N) is 1. The Morgan fingerprint density at radius 3 is 2.60 bits per heavy atom. The molecule has 20 heavy (non-hydrogen) atoms. The summed E-state index contributed by atoms with van der Waals surface area (Å²) in [5, 5.41) is 13.9. The highest BCUT2D eigenvalue weighted by atomic mass is 35.5. The standard InChI is InChI=1S/C14H19ClN2O3/c1-9(2)12(7-8-15)16-14(18)11-6-4-5-10(3)13(11)17(19)20/h4-6,9,12H,7-8H2,1-3H3,(H,16,18). The molecule has 1 rings (SSSR count). The fourth-order valence-electron chi connectivity index (χ4n) is 2.02. The van der Waals surface area contributed by atoms with Gasteiger partial charge in [0.25, 0.3) is 11.6 Å². The van der Waals surface area contributed by atoms with Crippen molar-refractivity contribution in [2.24, 2.45) is 5.92 Å². The van der Waals surface area contributed by atoms with Gasteiger partial charge in [-0.2, -0.15) is 0 Å². The first kappa shape index (κ1) is 16.4. The Hall–Kier alpha value is -1.62. The SMILES string of the molecule is Cc1cccc(C(=O)NC(CCCl)C(C)C)c1[N+](=O)[O-]. The molecule has 0 saturated carbocycles. The number of rotatable bonds is 6. The van der Waals surface area contributed by atoms with Gasteiger partial charge in [-0.05, 0) is 25.3 Å². The van der Waals surface area contributed by atoms with Gasteiger partial charge in [0.1, 0.15) is 5.56 Å². The lowest BCUT2D eigenvalue weighted by molar-refractivity contribution is -0.385. The van der Waals surface area contributed by atoms with Crippen molar-refractivity contribution < 1.29 is 9.72 Å². The van der Waals surface area contributed by atoms with Gasteiger partial charge < -0.3 is 5.32 Å². The number of nitro benzene ring substituents is 1. The van der Waals surface area contributed by atoms with E-state index >= 15 is 0 Å². The second-order valence-corrected chi connectivity index (χ2v) is 5.41. The number of nitro groups is 1. The molecule has 1 aromatic rings. The first-order valence-corrected chi connectivity index (χ1v) is 7.02. The molecule has 1 unspecified atom stereocenters. The van der Waals surface area contributed by atoms with E-state index in [1.54, 1.807) is 19.1 Å². The molecular weight excluding hydrogens is 280 g/mol. The molecule has 0 heterocycles. The van der Waals surface area contributed by atoms with Gasteiger partial charge in [-0.15, -0.1) is 11.6 Å². The largest absolute Gasteiger partial charge is 0.349 e. The lowest BCUT2D eigenvalue weighted by Gasteiger charge is -2.21. The maximum atomic E-state index is 12.3. The van der Waals surface area contributed by atoms with Crippen LogP contribution in [0.1, 0.15) is 36.2 Å². The Morgan fingerprint density at radius 1 is 1.45 bits per heavy atom. The Kier molecular flexibility index (Phi) is 5.95. The lowest BCUT2D eigenvalue weighted by atomic mass is 10.0. The van der Waals surface area contributed by atoms with Crippen LogP contribution in [0.5, 0.6) is 0 Å². The molecule has 0 spiro atoms. The predicted molar refractivity (Wildman–Crippen MR) is 79.3 cm³/mol. The highest BCUT2D eigenvalue weighted by molar-refractivity contribution is 6.17. The number of alkyl halides is 1. The highest BCUT2D eigenvalue weighted by Gasteiger charge is 2.24. The van der Waals surface area contributed by atoms with Gasteiger partial charge >= 0.3 is 0 Å². The van der Waals surface area contributed by atoms with Gasteiger partial charge in [0, 0.05) is 17.5 Å². The maximum Gasteiger partial charge on any atom is 0.285 e. The lowest BCUT2D eigenvalue weighted by Crippen LogP contribution is -2.39. The summed E-state index contributed by atoms with van der Waals surface area (Å²) in [7, 11) is 0. The number of para-hydroxylation sites is 1. The molecule has 0 aliphatic rings. The molecule has 0 aliphatic carbocycles. The average molecular weight is 299 g/mol. The van der Waals surface area contributed by atoms with Crippen molar-refractivity contribution in [2.45, 2.75) is 33.2 Å². The summed E-state index contributed by atoms with van der Waals surface area (Å²) in [6.45, 7) is 5.57. The molecule has 1 aromatic carbocycles. The first-order valence-electron chi connectivity index (χ1n) is 6.49. The number of hydrogen-bond donors (Lipinski definition) is 1. The monoisotopic (exact) mass is 298 g/mol. The number of hydrogen-bond acceptors (Lipinski definition) is 3. The van der Waals surface area contributed by atoms with E-state index in [1.165, 1.54) is 6.07 Å². The predicted octanol–water partition coefficient (Wildman–Crippen LogP) is 3.29. The van der Waals surface area contributed by atoms with Crippen molar-refractivity contribution in [1.29, 1.82) is 0 Å². The summed E-state index contributed by atoms with van der Waals surface area (Å²) < 4.78 is 0. The second-order valence-electron chi connectivity index (χ2n) is 5.03. The summed E-state index contributed by atoms with van der Waals surface area (Å²) in [5.74, 6) is 0.213. The number of nitrogens with one attached hydrogen (secondary N) is 1. The normalized spacial score (nSPS) is 12.2. The molecule has 0 bridgehead atoms. The Morgan fingerprint density at radius 2 is 2.10 bits per heavy atom. The molecule has 0 aliphatic heterocycles. The van der Waals surface area contributed by atoms with Gasteiger partial charge in [-0.1, -0.05) is 26.0 Å². The van der Waals surface area contributed by atoms with Crippen LogP contribution < -0.4 is 5.32 Å². The number of halogens is 1. The third-order valence-electron chi connectivity index (χ3n) is 3.21. The second kappa shape index (κ2) is 7.24. The van der Waals surface area contributed by atoms with E-state index in [0.29, 0.717) is 17.9 Å². The molecule has 1 amide bonds. The Labute approximate surface area is 123 Å². The number of carbonyl (C=O) groups is 1. The summed E-state index contributed by atoms with van der Waals surface area (Å²) in [6, 6.07) is 4.63. The summed E-state index contributed by atoms with van der Waals surface area (Å²) >= 11 is 5.72. The summed E-state index contributed by atoms with van der Waals surface area (Å²) in [4.78, 5) is 22.8. The molecular formula is C14H19ClN2O3. The smallest absolute Gasteiger partial charge is 0.285 e. The number of aryl methyl sites for hydroxylation is 1. The van der Waals surface area contributed by atoms with E-state index in [9.17, 15) is 14.9 Å². The van der Waals surface area contributed by atoms with Crippen LogP contribution in [0.4, 0.5) is 5.69 Å². The fraction of sp³-hybridized carbons (Fsp3) is 0.500. The zero-order valence-electron chi connectivity index (χ0n) is 11.9. The molecule has 0 fully saturated rings. The van der Waals surface area contributed by atoms with Gasteiger partial charge in [0.05, 0.1) is 4.92 Å². The minimum absolute atomic E-state index is 0.0928. The molecule has 5 nitrogen and oxygen atoms in total. The van der Waals surface area contributed by atoms with Crippen molar-refractivity contribution in [1.82, 2.24) is 5.32 Å². The van der Waals surface area contributed by atoms with E-state index in [1.807, 2.05) is 13.8 Å². The minimum Gasteiger partial charge on any atom is -0.349 e. The third kappa shape index (κ3) is 3.93. The van der Waals surface area contributed by atoms with Crippen LogP contribution in [0.25, 0.3) is 0 Å². The third-order valence-corrected chi connectivity index (χ3v) is 3.42. The van der Waals surface area contributed by atoms with Crippen LogP contribution in [0.3, 0.4) is 0 Å². The van der Waals surface area contributed by atoms with E-state index in [-0.39, 0.29) is 23.2 Å². The van der Waals surface area contributed by atoms with Gasteiger partial charge in [0.2, 0.25) is 0 Å². The molecule has 1 N–H and O–H groups in total. The van der Waals surface area contributed by atoms with Crippen LogP contribution in [-0.2, 0) is 0 Å². The van der Waals surface area contributed by atoms with Crippen LogP contribution in [0, 0.1) is 23.0 Å². The summed E-state index contributed by atoms with van der Waals surface area (Å²) in [6.07, 6.45) is 0.630. The Bertz CT molecular complexity index is 503. The maximum absolute atomic E-state index is 12.3. The van der Waals surface area contributed by atoms with Crippen LogP contribution >= 0.6 is 11.6 Å². The summed E-state index contributed by atoms with van der Waals surface area (Å²) in [5.41, 5.74) is 0.426. The molecule has 6 heteroatoms. The van der Waals surface area contributed by atoms with Crippen molar-refractivity contribution in [3.63, 3.8) is 0 Å². The zero-order valence-corrected chi connectivity index (χ0v) is 12.6. The molecule has 0 saturated heterocycles. The first-order chi connectivity index (χ1) is 9.38. The van der Waals surface area contributed by atoms with Crippen molar-refractivity contribution in [3.05, 3.63) is 39.4 Å². The molecule has 0 radical (unpaired) electrons. The van der Waals surface area contributed by atoms with E-state index in [0.717, 1.165) is 0 Å². The molecule has 0 aromatic heterocycles. The van der Waals surface area contributed by atoms with E-state index < -0.39 is 10.8 Å². The van der Waals surface area contributed by atoms with E-state index in [2.05, 4.69) is 5.32 Å².